The van der Waals surface area contributed by atoms with Gasteiger partial charge in [0.25, 0.3) is 5.91 Å². The van der Waals surface area contributed by atoms with E-state index in [0.717, 1.165) is 6.42 Å². The van der Waals surface area contributed by atoms with E-state index < -0.39 is 6.04 Å². The SMILES string of the molecule is CCC(C)(C)NC(=O)C(C)NC(=O)COc1ccccc1. The van der Waals surface area contributed by atoms with E-state index in [9.17, 15) is 9.59 Å². The van der Waals surface area contributed by atoms with Gasteiger partial charge >= 0.3 is 0 Å². The summed E-state index contributed by atoms with van der Waals surface area (Å²) in [6.07, 6.45) is 0.816. The van der Waals surface area contributed by atoms with Gasteiger partial charge in [0.1, 0.15) is 11.8 Å². The zero-order chi connectivity index (χ0) is 15.9. The minimum atomic E-state index is -0.595. The monoisotopic (exact) mass is 292 g/mol. The molecule has 0 aromatic heterocycles. The Morgan fingerprint density at radius 2 is 1.86 bits per heavy atom. The van der Waals surface area contributed by atoms with Crippen LogP contribution in [0, 0.1) is 0 Å². The summed E-state index contributed by atoms with van der Waals surface area (Å²) in [5.41, 5.74) is -0.281. The molecule has 1 aromatic carbocycles. The predicted octanol–water partition coefficient (Wildman–Crippen LogP) is 1.87. The van der Waals surface area contributed by atoms with Crippen LogP contribution in [0.25, 0.3) is 0 Å². The van der Waals surface area contributed by atoms with Crippen LogP contribution in [-0.4, -0.2) is 30.0 Å². The van der Waals surface area contributed by atoms with Crippen molar-refractivity contribution < 1.29 is 14.3 Å². The van der Waals surface area contributed by atoms with Gasteiger partial charge in [-0.25, -0.2) is 0 Å². The summed E-state index contributed by atoms with van der Waals surface area (Å²) in [4.78, 5) is 23.7. The minimum absolute atomic E-state index is 0.112. The summed E-state index contributed by atoms with van der Waals surface area (Å²) in [5.74, 6) is 0.0996. The van der Waals surface area contributed by atoms with Crippen molar-refractivity contribution in [1.82, 2.24) is 10.6 Å². The molecule has 1 atom stereocenters. The fourth-order valence-electron chi connectivity index (χ4n) is 1.54. The zero-order valence-corrected chi connectivity index (χ0v) is 13.1. The maximum Gasteiger partial charge on any atom is 0.258 e. The quantitative estimate of drug-likeness (QED) is 0.806. The summed E-state index contributed by atoms with van der Waals surface area (Å²) in [7, 11) is 0. The molecule has 5 heteroatoms. The Hall–Kier alpha value is -2.04. The average molecular weight is 292 g/mol. The second kappa shape index (κ2) is 7.67. The number of rotatable bonds is 7. The Bertz CT molecular complexity index is 472. The van der Waals surface area contributed by atoms with Crippen molar-refractivity contribution >= 4 is 11.8 Å². The molecule has 0 saturated carbocycles. The van der Waals surface area contributed by atoms with Crippen LogP contribution in [0.5, 0.6) is 5.75 Å². The topological polar surface area (TPSA) is 67.4 Å². The standard InChI is InChI=1S/C16H24N2O3/c1-5-16(3,4)18-15(20)12(2)17-14(19)11-21-13-9-7-6-8-10-13/h6-10,12H,5,11H2,1-4H3,(H,17,19)(H,18,20). The molecule has 2 N–H and O–H groups in total. The normalized spacial score (nSPS) is 12.4. The lowest BCUT2D eigenvalue weighted by Gasteiger charge is -2.26. The zero-order valence-electron chi connectivity index (χ0n) is 13.1. The Morgan fingerprint density at radius 1 is 1.24 bits per heavy atom. The second-order valence-electron chi connectivity index (χ2n) is 5.62. The highest BCUT2D eigenvalue weighted by Gasteiger charge is 2.22. The van der Waals surface area contributed by atoms with E-state index in [-0.39, 0.29) is 24.0 Å². The van der Waals surface area contributed by atoms with E-state index >= 15 is 0 Å². The smallest absolute Gasteiger partial charge is 0.258 e. The predicted molar refractivity (Wildman–Crippen MR) is 82.1 cm³/mol. The Morgan fingerprint density at radius 3 is 2.43 bits per heavy atom. The lowest BCUT2D eigenvalue weighted by atomic mass is 10.0. The van der Waals surface area contributed by atoms with Gasteiger partial charge in [-0.3, -0.25) is 9.59 Å². The number of para-hydroxylation sites is 1. The third-order valence-corrected chi connectivity index (χ3v) is 3.23. The van der Waals surface area contributed by atoms with Crippen LogP contribution >= 0.6 is 0 Å². The van der Waals surface area contributed by atoms with E-state index in [1.54, 1.807) is 19.1 Å². The first-order chi connectivity index (χ1) is 9.84. The van der Waals surface area contributed by atoms with Gasteiger partial charge in [-0.15, -0.1) is 0 Å². The summed E-state index contributed by atoms with van der Waals surface area (Å²) >= 11 is 0. The highest BCUT2D eigenvalue weighted by atomic mass is 16.5. The van der Waals surface area contributed by atoms with Gasteiger partial charge in [-0.05, 0) is 39.3 Å². The molecule has 0 aliphatic rings. The lowest BCUT2D eigenvalue weighted by molar-refractivity contribution is -0.130. The first-order valence-electron chi connectivity index (χ1n) is 7.13. The van der Waals surface area contributed by atoms with E-state index in [1.807, 2.05) is 39.0 Å². The van der Waals surface area contributed by atoms with Gasteiger partial charge in [0.05, 0.1) is 0 Å². The molecular formula is C16H24N2O3. The molecule has 1 unspecified atom stereocenters. The molecule has 0 bridgehead atoms. The second-order valence-corrected chi connectivity index (χ2v) is 5.62. The number of amides is 2. The molecule has 1 rings (SSSR count). The summed E-state index contributed by atoms with van der Waals surface area (Å²) in [6, 6.07) is 8.48. The first-order valence-corrected chi connectivity index (χ1v) is 7.13. The summed E-state index contributed by atoms with van der Waals surface area (Å²) in [5, 5.41) is 5.51. The van der Waals surface area contributed by atoms with Crippen molar-refractivity contribution in [2.45, 2.75) is 45.7 Å². The van der Waals surface area contributed by atoms with Crippen LogP contribution in [-0.2, 0) is 9.59 Å². The lowest BCUT2D eigenvalue weighted by Crippen LogP contribution is -2.52. The van der Waals surface area contributed by atoms with Gasteiger partial charge in [0, 0.05) is 5.54 Å². The molecule has 0 radical (unpaired) electrons. The van der Waals surface area contributed by atoms with E-state index in [0.29, 0.717) is 5.75 Å². The van der Waals surface area contributed by atoms with Crippen LogP contribution in [0.1, 0.15) is 34.1 Å². The minimum Gasteiger partial charge on any atom is -0.484 e. The number of carbonyl (C=O) groups excluding carboxylic acids is 2. The Labute approximate surface area is 126 Å². The molecule has 0 spiro atoms. The number of hydrogen-bond acceptors (Lipinski definition) is 3. The Balaban J connectivity index is 2.38. The van der Waals surface area contributed by atoms with Crippen molar-refractivity contribution in [3.63, 3.8) is 0 Å². The molecular weight excluding hydrogens is 268 g/mol. The number of ether oxygens (including phenoxy) is 1. The molecule has 0 heterocycles. The maximum atomic E-state index is 12.0. The number of hydrogen-bond donors (Lipinski definition) is 2. The molecule has 1 aromatic rings. The van der Waals surface area contributed by atoms with Crippen LogP contribution in [0.4, 0.5) is 0 Å². The highest BCUT2D eigenvalue weighted by Crippen LogP contribution is 2.08. The van der Waals surface area contributed by atoms with Crippen molar-refractivity contribution in [2.24, 2.45) is 0 Å². The molecule has 21 heavy (non-hydrogen) atoms. The fraction of sp³-hybridized carbons (Fsp3) is 0.500. The third-order valence-electron chi connectivity index (χ3n) is 3.23. The number of carbonyl (C=O) groups is 2. The number of benzene rings is 1. The third kappa shape index (κ3) is 6.29. The largest absolute Gasteiger partial charge is 0.484 e. The van der Waals surface area contributed by atoms with Crippen molar-refractivity contribution in [3.8, 4) is 5.75 Å². The first kappa shape index (κ1) is 17.0. The van der Waals surface area contributed by atoms with Gasteiger partial charge < -0.3 is 15.4 Å². The van der Waals surface area contributed by atoms with Gasteiger partial charge in [-0.1, -0.05) is 25.1 Å². The molecule has 0 aliphatic heterocycles. The molecule has 0 fully saturated rings. The van der Waals surface area contributed by atoms with Crippen molar-refractivity contribution in [1.29, 1.82) is 0 Å². The highest BCUT2D eigenvalue weighted by molar-refractivity contribution is 5.88. The summed E-state index contributed by atoms with van der Waals surface area (Å²) < 4.78 is 5.33. The molecule has 0 aliphatic carbocycles. The van der Waals surface area contributed by atoms with E-state index in [4.69, 9.17) is 4.74 Å². The van der Waals surface area contributed by atoms with Gasteiger partial charge in [0.15, 0.2) is 6.61 Å². The molecule has 2 amide bonds. The van der Waals surface area contributed by atoms with Crippen molar-refractivity contribution in [3.05, 3.63) is 30.3 Å². The Kier molecular flexibility index (Phi) is 6.21. The van der Waals surface area contributed by atoms with Crippen molar-refractivity contribution in [2.75, 3.05) is 6.61 Å². The maximum absolute atomic E-state index is 12.0. The van der Waals surface area contributed by atoms with Gasteiger partial charge in [0.2, 0.25) is 5.91 Å². The van der Waals surface area contributed by atoms with Crippen LogP contribution in [0.2, 0.25) is 0 Å². The van der Waals surface area contributed by atoms with E-state index in [1.165, 1.54) is 0 Å². The molecule has 0 saturated heterocycles. The van der Waals surface area contributed by atoms with Crippen LogP contribution in [0.3, 0.4) is 0 Å². The van der Waals surface area contributed by atoms with Gasteiger partial charge in [-0.2, -0.15) is 0 Å². The molecule has 116 valence electrons. The summed E-state index contributed by atoms with van der Waals surface area (Å²) in [6.45, 7) is 7.42. The molecule has 5 nitrogen and oxygen atoms in total. The van der Waals surface area contributed by atoms with Crippen LogP contribution in [0.15, 0.2) is 30.3 Å². The average Bonchev–Trinajstić information content (AvgIpc) is 2.45. The number of nitrogens with one attached hydrogen (secondary N) is 2. The van der Waals surface area contributed by atoms with Crippen LogP contribution < -0.4 is 15.4 Å². The van der Waals surface area contributed by atoms with E-state index in [2.05, 4.69) is 10.6 Å². The fourth-order valence-corrected chi connectivity index (χ4v) is 1.54.